The Balaban J connectivity index is 1.48. The molecule has 1 aromatic heterocycles. The number of esters is 1. The molecule has 0 saturated heterocycles. The van der Waals surface area contributed by atoms with Crippen molar-refractivity contribution < 1.29 is 31.9 Å². The van der Waals surface area contributed by atoms with Gasteiger partial charge in [-0.1, -0.05) is 54.1 Å². The van der Waals surface area contributed by atoms with E-state index in [0.717, 1.165) is 17.2 Å². The molecule has 0 amide bonds. The number of rotatable bonds is 5. The smallest absolute Gasteiger partial charge is 0.449 e. The lowest BCUT2D eigenvalue weighted by Gasteiger charge is -2.14. The Bertz CT molecular complexity index is 1680. The minimum Gasteiger partial charge on any atom is -0.449 e. The van der Waals surface area contributed by atoms with Crippen molar-refractivity contribution in [2.24, 2.45) is 0 Å². The van der Waals surface area contributed by atoms with E-state index >= 15 is 0 Å². The third-order valence-electron chi connectivity index (χ3n) is 5.55. The van der Waals surface area contributed by atoms with Gasteiger partial charge in [0.05, 0.1) is 10.9 Å². The lowest BCUT2D eigenvalue weighted by atomic mass is 10.1. The molecule has 0 aliphatic carbocycles. The van der Waals surface area contributed by atoms with Crippen LogP contribution in [0, 0.1) is 0 Å². The molecule has 0 atom stereocenters. The van der Waals surface area contributed by atoms with E-state index in [1.807, 2.05) is 30.3 Å². The first-order valence-corrected chi connectivity index (χ1v) is 11.6. The van der Waals surface area contributed by atoms with Crippen molar-refractivity contribution in [3.8, 4) is 28.4 Å². The number of fused-ring (bicyclic) bond motifs is 1. The second-order valence-electron chi connectivity index (χ2n) is 8.13. The molecule has 38 heavy (non-hydrogen) atoms. The summed E-state index contributed by atoms with van der Waals surface area (Å²) in [6, 6.07) is 25.0. The fourth-order valence-corrected chi connectivity index (χ4v) is 3.84. The molecule has 0 radical (unpaired) electrons. The molecular formula is C29H16ClF3O5. The summed E-state index contributed by atoms with van der Waals surface area (Å²) in [5.41, 5.74) is 0.457. The van der Waals surface area contributed by atoms with Crippen LogP contribution in [0.5, 0.6) is 17.2 Å². The summed E-state index contributed by atoms with van der Waals surface area (Å²) in [4.78, 5) is 25.4. The minimum absolute atomic E-state index is 0.0235. The van der Waals surface area contributed by atoms with Crippen molar-refractivity contribution >= 4 is 28.5 Å². The van der Waals surface area contributed by atoms with E-state index in [9.17, 15) is 22.8 Å². The van der Waals surface area contributed by atoms with Crippen LogP contribution in [0.3, 0.4) is 0 Å². The average Bonchev–Trinajstić information content (AvgIpc) is 2.91. The summed E-state index contributed by atoms with van der Waals surface area (Å²) in [6.07, 6.45) is -5.04. The van der Waals surface area contributed by atoms with Crippen LogP contribution < -0.4 is 14.9 Å². The van der Waals surface area contributed by atoms with Crippen molar-refractivity contribution in [1.82, 2.24) is 0 Å². The Labute approximate surface area is 218 Å². The molecule has 0 fully saturated rings. The van der Waals surface area contributed by atoms with Crippen LogP contribution in [-0.4, -0.2) is 5.97 Å². The third-order valence-corrected chi connectivity index (χ3v) is 5.80. The zero-order chi connectivity index (χ0) is 26.9. The molecule has 5 aromatic rings. The number of ether oxygens (including phenoxy) is 2. The summed E-state index contributed by atoms with van der Waals surface area (Å²) < 4.78 is 57.4. The molecule has 4 aromatic carbocycles. The monoisotopic (exact) mass is 536 g/mol. The maximum absolute atomic E-state index is 13.9. The number of carbonyl (C=O) groups excluding carboxylic acids is 1. The van der Waals surface area contributed by atoms with Gasteiger partial charge in [-0.2, -0.15) is 13.2 Å². The molecule has 0 spiro atoms. The summed E-state index contributed by atoms with van der Waals surface area (Å²) in [6.45, 7) is 0. The van der Waals surface area contributed by atoms with Gasteiger partial charge in [-0.15, -0.1) is 0 Å². The van der Waals surface area contributed by atoms with Gasteiger partial charge in [-0.05, 0) is 59.7 Å². The van der Waals surface area contributed by atoms with Crippen molar-refractivity contribution in [3.05, 3.63) is 124 Å². The van der Waals surface area contributed by atoms with E-state index in [1.54, 1.807) is 12.1 Å². The second kappa shape index (κ2) is 10.1. The predicted octanol–water partition coefficient (Wildman–Crippen LogP) is 8.14. The molecule has 0 saturated carbocycles. The Morgan fingerprint density at radius 1 is 0.789 bits per heavy atom. The van der Waals surface area contributed by atoms with Crippen LogP contribution in [0.1, 0.15) is 16.1 Å². The highest BCUT2D eigenvalue weighted by molar-refractivity contribution is 6.30. The SMILES string of the molecule is O=C(Oc1ccc2c(=O)c(Oc3ccc(-c4ccccc4)cc3)c(C(F)(F)F)oc2c1)c1ccc(Cl)cc1. The first-order valence-electron chi connectivity index (χ1n) is 11.2. The van der Waals surface area contributed by atoms with E-state index in [4.69, 9.17) is 25.5 Å². The third kappa shape index (κ3) is 5.26. The Morgan fingerprint density at radius 2 is 1.42 bits per heavy atom. The van der Waals surface area contributed by atoms with Crippen LogP contribution in [0.25, 0.3) is 22.1 Å². The zero-order valence-electron chi connectivity index (χ0n) is 19.3. The zero-order valence-corrected chi connectivity index (χ0v) is 20.0. The number of benzene rings is 4. The van der Waals surface area contributed by atoms with E-state index in [-0.39, 0.29) is 22.4 Å². The number of hydrogen-bond donors (Lipinski definition) is 0. The predicted molar refractivity (Wildman–Crippen MR) is 136 cm³/mol. The van der Waals surface area contributed by atoms with Crippen LogP contribution in [0.15, 0.2) is 106 Å². The first kappa shape index (κ1) is 25.1. The van der Waals surface area contributed by atoms with Gasteiger partial charge in [-0.3, -0.25) is 4.79 Å². The van der Waals surface area contributed by atoms with Crippen molar-refractivity contribution in [2.45, 2.75) is 6.18 Å². The number of hydrogen-bond acceptors (Lipinski definition) is 5. The topological polar surface area (TPSA) is 65.7 Å². The van der Waals surface area contributed by atoms with Gasteiger partial charge in [0.2, 0.25) is 11.2 Å². The lowest BCUT2D eigenvalue weighted by molar-refractivity contribution is -0.154. The Kier molecular flexibility index (Phi) is 6.65. The van der Waals surface area contributed by atoms with E-state index in [0.29, 0.717) is 5.02 Å². The Hall–Kier alpha value is -4.56. The van der Waals surface area contributed by atoms with Gasteiger partial charge >= 0.3 is 12.1 Å². The molecule has 5 rings (SSSR count). The van der Waals surface area contributed by atoms with Gasteiger partial charge in [0.1, 0.15) is 17.1 Å². The highest BCUT2D eigenvalue weighted by atomic mass is 35.5. The molecule has 1 heterocycles. The molecule has 5 nitrogen and oxygen atoms in total. The lowest BCUT2D eigenvalue weighted by Crippen LogP contribution is -2.15. The highest BCUT2D eigenvalue weighted by Gasteiger charge is 2.40. The van der Waals surface area contributed by atoms with Gasteiger partial charge in [0, 0.05) is 11.1 Å². The normalized spacial score (nSPS) is 11.4. The summed E-state index contributed by atoms with van der Waals surface area (Å²) in [5, 5.41) is 0.235. The minimum atomic E-state index is -5.04. The highest BCUT2D eigenvalue weighted by Crippen LogP contribution is 2.39. The van der Waals surface area contributed by atoms with Crippen molar-refractivity contribution in [2.75, 3.05) is 0 Å². The van der Waals surface area contributed by atoms with Gasteiger partial charge in [0.25, 0.3) is 5.76 Å². The summed E-state index contributed by atoms with van der Waals surface area (Å²) in [5.74, 6) is -3.46. The van der Waals surface area contributed by atoms with Gasteiger partial charge in [-0.25, -0.2) is 4.79 Å². The average molecular weight is 537 g/mol. The molecule has 9 heteroatoms. The molecule has 0 aliphatic rings. The number of halogens is 4. The summed E-state index contributed by atoms with van der Waals surface area (Å²) >= 11 is 5.81. The summed E-state index contributed by atoms with van der Waals surface area (Å²) in [7, 11) is 0. The van der Waals surface area contributed by atoms with Crippen LogP contribution in [-0.2, 0) is 6.18 Å². The van der Waals surface area contributed by atoms with E-state index < -0.39 is 34.7 Å². The standard InChI is InChI=1S/C29H16ClF3O5/c30-20-10-6-19(7-11-20)28(35)37-22-14-15-23-24(16-22)38-27(29(31,32)33)26(25(23)34)36-21-12-8-18(9-13-21)17-4-2-1-3-5-17/h1-16H. The van der Waals surface area contributed by atoms with Crippen LogP contribution in [0.4, 0.5) is 13.2 Å². The first-order chi connectivity index (χ1) is 18.2. The van der Waals surface area contributed by atoms with Crippen molar-refractivity contribution in [3.63, 3.8) is 0 Å². The van der Waals surface area contributed by atoms with Crippen LogP contribution in [0.2, 0.25) is 5.02 Å². The van der Waals surface area contributed by atoms with Crippen LogP contribution >= 0.6 is 11.6 Å². The van der Waals surface area contributed by atoms with E-state index in [1.165, 1.54) is 48.5 Å². The Morgan fingerprint density at radius 3 is 2.08 bits per heavy atom. The van der Waals surface area contributed by atoms with Crippen molar-refractivity contribution in [1.29, 1.82) is 0 Å². The molecule has 0 aliphatic heterocycles. The molecular weight excluding hydrogens is 521 g/mol. The maximum Gasteiger partial charge on any atom is 0.453 e. The molecule has 0 unspecified atom stereocenters. The van der Waals surface area contributed by atoms with E-state index in [2.05, 4.69) is 0 Å². The maximum atomic E-state index is 13.9. The molecule has 190 valence electrons. The fourth-order valence-electron chi connectivity index (χ4n) is 3.72. The number of alkyl halides is 3. The van der Waals surface area contributed by atoms with Gasteiger partial charge in [0.15, 0.2) is 0 Å². The molecule has 0 N–H and O–H groups in total. The molecule has 0 bridgehead atoms. The number of carbonyl (C=O) groups is 1. The second-order valence-corrected chi connectivity index (χ2v) is 8.57. The quantitative estimate of drug-likeness (QED) is 0.167. The largest absolute Gasteiger partial charge is 0.453 e. The van der Waals surface area contributed by atoms with Gasteiger partial charge < -0.3 is 13.9 Å². The fraction of sp³-hybridized carbons (Fsp3) is 0.0345.